The van der Waals surface area contributed by atoms with Gasteiger partial charge >= 0.3 is 0 Å². The van der Waals surface area contributed by atoms with E-state index < -0.39 is 0 Å². The summed E-state index contributed by atoms with van der Waals surface area (Å²) in [6.45, 7) is 4.46. The first-order valence-electron chi connectivity index (χ1n) is 6.50. The number of hydrogen-bond donors (Lipinski definition) is 3. The van der Waals surface area contributed by atoms with Gasteiger partial charge in [0.1, 0.15) is 0 Å². The molecule has 0 bridgehead atoms. The van der Waals surface area contributed by atoms with Crippen molar-refractivity contribution in [3.05, 3.63) is 33.9 Å². The van der Waals surface area contributed by atoms with Crippen molar-refractivity contribution < 1.29 is 15.3 Å². The summed E-state index contributed by atoms with van der Waals surface area (Å²) in [6.07, 6.45) is 2.34. The van der Waals surface area contributed by atoms with Crippen LogP contribution in [-0.4, -0.2) is 28.5 Å². The van der Waals surface area contributed by atoms with E-state index in [0.717, 1.165) is 24.0 Å². The molecule has 0 spiro atoms. The first kappa shape index (κ1) is 13.5. The van der Waals surface area contributed by atoms with Gasteiger partial charge in [0.2, 0.25) is 0 Å². The van der Waals surface area contributed by atoms with E-state index in [1.54, 1.807) is 0 Å². The highest BCUT2D eigenvalue weighted by Crippen LogP contribution is 2.40. The lowest BCUT2D eigenvalue weighted by molar-refractivity contribution is 0.152. The Bertz CT molecular complexity index is 454. The molecular weight excluding hydrogens is 228 g/mol. The van der Waals surface area contributed by atoms with Crippen LogP contribution in [0.4, 0.5) is 0 Å². The molecule has 3 N–H and O–H groups in total. The number of fused-ring (bicyclic) bond motifs is 1. The minimum absolute atomic E-state index is 0.0132. The van der Waals surface area contributed by atoms with Crippen LogP contribution >= 0.6 is 0 Å². The highest BCUT2D eigenvalue weighted by atomic mass is 16.3. The lowest BCUT2D eigenvalue weighted by Gasteiger charge is -2.19. The molecule has 0 aliphatic heterocycles. The maximum absolute atomic E-state index is 9.50. The number of benzene rings is 1. The van der Waals surface area contributed by atoms with Gasteiger partial charge < -0.3 is 15.3 Å². The number of aliphatic hydroxyl groups is 3. The zero-order valence-electron chi connectivity index (χ0n) is 11.2. The summed E-state index contributed by atoms with van der Waals surface area (Å²) in [7, 11) is 0. The normalized spacial score (nSPS) is 22.3. The molecule has 3 heteroatoms. The van der Waals surface area contributed by atoms with E-state index in [1.165, 1.54) is 16.7 Å². The van der Waals surface area contributed by atoms with Crippen LogP contribution in [0, 0.1) is 12.3 Å². The van der Waals surface area contributed by atoms with E-state index in [-0.39, 0.29) is 25.2 Å². The van der Waals surface area contributed by atoms with Crippen LogP contribution in [0.5, 0.6) is 0 Å². The number of rotatable bonds is 4. The number of hydrogen-bond acceptors (Lipinski definition) is 3. The van der Waals surface area contributed by atoms with Gasteiger partial charge in [-0.05, 0) is 59.4 Å². The van der Waals surface area contributed by atoms with Gasteiger partial charge in [0.15, 0.2) is 0 Å². The lowest BCUT2D eigenvalue weighted by Crippen LogP contribution is -2.21. The Morgan fingerprint density at radius 1 is 1.22 bits per heavy atom. The monoisotopic (exact) mass is 250 g/mol. The molecule has 1 aromatic carbocycles. The van der Waals surface area contributed by atoms with Crippen LogP contribution in [-0.2, 0) is 25.9 Å². The van der Waals surface area contributed by atoms with Crippen molar-refractivity contribution >= 4 is 0 Å². The van der Waals surface area contributed by atoms with Crippen molar-refractivity contribution in [1.82, 2.24) is 0 Å². The summed E-state index contributed by atoms with van der Waals surface area (Å²) >= 11 is 0. The van der Waals surface area contributed by atoms with Gasteiger partial charge in [-0.3, -0.25) is 0 Å². The highest BCUT2D eigenvalue weighted by molar-refractivity contribution is 5.49. The van der Waals surface area contributed by atoms with Gasteiger partial charge in [-0.15, -0.1) is 0 Å². The topological polar surface area (TPSA) is 60.7 Å². The van der Waals surface area contributed by atoms with Crippen molar-refractivity contribution in [2.45, 2.75) is 39.7 Å². The average Bonchev–Trinajstić information content (AvgIpc) is 2.71. The van der Waals surface area contributed by atoms with Crippen LogP contribution in [0.1, 0.15) is 34.7 Å². The molecule has 0 saturated heterocycles. The van der Waals surface area contributed by atoms with Gasteiger partial charge in [-0.2, -0.15) is 0 Å². The second-order valence-electron chi connectivity index (χ2n) is 5.73. The Balaban J connectivity index is 2.48. The molecule has 0 aromatic heterocycles. The summed E-state index contributed by atoms with van der Waals surface area (Å²) in [4.78, 5) is 0. The molecule has 1 atom stereocenters. The molecule has 18 heavy (non-hydrogen) atoms. The minimum Gasteiger partial charge on any atom is -0.396 e. The van der Waals surface area contributed by atoms with Crippen molar-refractivity contribution in [3.8, 4) is 0 Å². The summed E-state index contributed by atoms with van der Waals surface area (Å²) in [5.41, 5.74) is 5.64. The predicted octanol–water partition coefficient (Wildman–Crippen LogP) is 1.12. The zero-order valence-corrected chi connectivity index (χ0v) is 11.2. The quantitative estimate of drug-likeness (QED) is 0.750. The van der Waals surface area contributed by atoms with Crippen molar-refractivity contribution in [2.24, 2.45) is 5.41 Å². The average molecular weight is 250 g/mol. The Kier molecular flexibility index (Phi) is 3.76. The fourth-order valence-electron chi connectivity index (χ4n) is 3.11. The molecule has 100 valence electrons. The third kappa shape index (κ3) is 2.18. The van der Waals surface area contributed by atoms with Crippen molar-refractivity contribution in [2.75, 3.05) is 13.2 Å². The van der Waals surface area contributed by atoms with Crippen LogP contribution in [0.15, 0.2) is 6.07 Å². The van der Waals surface area contributed by atoms with E-state index in [4.69, 9.17) is 5.11 Å². The molecule has 2 rings (SSSR count). The molecule has 0 heterocycles. The van der Waals surface area contributed by atoms with E-state index in [2.05, 4.69) is 13.8 Å². The van der Waals surface area contributed by atoms with E-state index in [1.807, 2.05) is 6.07 Å². The molecule has 0 fully saturated rings. The van der Waals surface area contributed by atoms with Crippen molar-refractivity contribution in [3.63, 3.8) is 0 Å². The zero-order chi connectivity index (χ0) is 13.3. The molecule has 1 aromatic rings. The fourth-order valence-corrected chi connectivity index (χ4v) is 3.11. The number of aliphatic hydroxyl groups excluding tert-OH is 3. The molecule has 1 unspecified atom stereocenters. The molecule has 0 radical (unpaired) electrons. The molecule has 1 aliphatic rings. The molecule has 0 amide bonds. The van der Waals surface area contributed by atoms with Gasteiger partial charge in [0.05, 0.1) is 6.61 Å². The molecular formula is C15H22O3. The first-order chi connectivity index (χ1) is 8.54. The first-order valence-corrected chi connectivity index (χ1v) is 6.50. The summed E-state index contributed by atoms with van der Waals surface area (Å²) < 4.78 is 0. The van der Waals surface area contributed by atoms with Gasteiger partial charge in [0, 0.05) is 13.2 Å². The molecule has 3 nitrogen and oxygen atoms in total. The summed E-state index contributed by atoms with van der Waals surface area (Å²) in [5, 5.41) is 28.1. The molecule has 0 saturated carbocycles. The Morgan fingerprint density at radius 2 is 1.94 bits per heavy atom. The van der Waals surface area contributed by atoms with Gasteiger partial charge in [-0.1, -0.05) is 13.0 Å². The van der Waals surface area contributed by atoms with Crippen LogP contribution in [0.2, 0.25) is 0 Å². The Morgan fingerprint density at radius 3 is 2.50 bits per heavy atom. The van der Waals surface area contributed by atoms with Crippen LogP contribution < -0.4 is 0 Å². The maximum atomic E-state index is 9.50. The van der Waals surface area contributed by atoms with E-state index in [9.17, 15) is 10.2 Å². The van der Waals surface area contributed by atoms with Gasteiger partial charge in [0.25, 0.3) is 0 Å². The Hall–Kier alpha value is -0.900. The third-order valence-electron chi connectivity index (χ3n) is 4.16. The summed E-state index contributed by atoms with van der Waals surface area (Å²) in [5.74, 6) is 0. The lowest BCUT2D eigenvalue weighted by atomic mass is 9.88. The smallest absolute Gasteiger partial charge is 0.0684 e. The SMILES string of the molecule is Cc1c(CCO)c(CO)cc2c1CC(C)(CO)C2. The standard InChI is InChI=1S/C15H22O3/c1-10-13(3-4-16)12(8-17)5-11-6-15(2,9-18)7-14(10)11/h5,16-18H,3-4,6-9H2,1-2H3. The maximum Gasteiger partial charge on any atom is 0.0684 e. The van der Waals surface area contributed by atoms with Crippen LogP contribution in [0.25, 0.3) is 0 Å². The minimum atomic E-state index is -0.0718. The predicted molar refractivity (Wildman–Crippen MR) is 70.5 cm³/mol. The van der Waals surface area contributed by atoms with Gasteiger partial charge in [-0.25, -0.2) is 0 Å². The fraction of sp³-hybridized carbons (Fsp3) is 0.600. The van der Waals surface area contributed by atoms with Crippen molar-refractivity contribution in [1.29, 1.82) is 0 Å². The second kappa shape index (κ2) is 5.00. The molecule has 1 aliphatic carbocycles. The largest absolute Gasteiger partial charge is 0.396 e. The van der Waals surface area contributed by atoms with E-state index >= 15 is 0 Å². The third-order valence-corrected chi connectivity index (χ3v) is 4.16. The highest BCUT2D eigenvalue weighted by Gasteiger charge is 2.34. The second-order valence-corrected chi connectivity index (χ2v) is 5.73. The van der Waals surface area contributed by atoms with E-state index in [0.29, 0.717) is 6.42 Å². The van der Waals surface area contributed by atoms with Crippen LogP contribution in [0.3, 0.4) is 0 Å². The Labute approximate surface area is 108 Å². The summed E-state index contributed by atoms with van der Waals surface area (Å²) in [6, 6.07) is 2.05.